The van der Waals surface area contributed by atoms with Crippen LogP contribution in [-0.2, 0) is 11.3 Å². The minimum Gasteiger partial charge on any atom is -0.487 e. The lowest BCUT2D eigenvalue weighted by molar-refractivity contribution is -0.0149. The molecule has 2 aliphatic rings. The van der Waals surface area contributed by atoms with Gasteiger partial charge in [0.1, 0.15) is 12.4 Å². The molecular weight excluding hydrogens is 302 g/mol. The number of aromatic nitrogens is 1. The summed E-state index contributed by atoms with van der Waals surface area (Å²) in [4.78, 5) is 17.0. The van der Waals surface area contributed by atoms with Crippen molar-refractivity contribution in [2.24, 2.45) is 5.92 Å². The Bertz CT molecular complexity index is 704. The number of hydrogen-bond acceptors (Lipinski definition) is 4. The zero-order valence-corrected chi connectivity index (χ0v) is 13.6. The second kappa shape index (κ2) is 6.73. The molecule has 1 aromatic carbocycles. The average molecular weight is 323 g/mol. The van der Waals surface area contributed by atoms with E-state index in [9.17, 15) is 4.79 Å². The summed E-state index contributed by atoms with van der Waals surface area (Å²) in [7, 11) is 0. The van der Waals surface area contributed by atoms with Gasteiger partial charge in [0.15, 0.2) is 5.78 Å². The van der Waals surface area contributed by atoms with E-state index in [-0.39, 0.29) is 23.9 Å². The summed E-state index contributed by atoms with van der Waals surface area (Å²) in [5.41, 5.74) is 1.74. The Kier molecular flexibility index (Phi) is 4.30. The highest BCUT2D eigenvalue weighted by Crippen LogP contribution is 2.37. The predicted octanol–water partition coefficient (Wildman–Crippen LogP) is 3.80. The number of ketones is 1. The summed E-state index contributed by atoms with van der Waals surface area (Å²) >= 11 is 0. The number of pyridine rings is 1. The maximum Gasteiger partial charge on any atom is 0.167 e. The van der Waals surface area contributed by atoms with Crippen molar-refractivity contribution in [3.63, 3.8) is 0 Å². The smallest absolute Gasteiger partial charge is 0.167 e. The van der Waals surface area contributed by atoms with E-state index in [0.717, 1.165) is 31.2 Å². The van der Waals surface area contributed by atoms with E-state index >= 15 is 0 Å². The lowest BCUT2D eigenvalue weighted by Crippen LogP contribution is -2.30. The predicted molar refractivity (Wildman–Crippen MR) is 90.0 cm³/mol. The summed E-state index contributed by atoms with van der Waals surface area (Å²) < 4.78 is 11.6. The molecule has 0 aliphatic carbocycles. The highest BCUT2D eigenvalue weighted by atomic mass is 16.5. The first-order chi connectivity index (χ1) is 11.8. The number of Topliss-reactive ketones (excluding diaryl/α,β-unsaturated/α-hetero) is 1. The van der Waals surface area contributed by atoms with E-state index in [2.05, 4.69) is 4.98 Å². The Labute approximate surface area is 141 Å². The number of carbonyl (C=O) groups is 1. The molecule has 4 nitrogen and oxygen atoms in total. The average Bonchev–Trinajstić information content (AvgIpc) is 2.98. The molecule has 2 atom stereocenters. The van der Waals surface area contributed by atoms with Gasteiger partial charge in [0.05, 0.1) is 18.4 Å². The van der Waals surface area contributed by atoms with Crippen molar-refractivity contribution >= 4 is 5.78 Å². The van der Waals surface area contributed by atoms with Gasteiger partial charge in [-0.05, 0) is 37.3 Å². The molecule has 0 saturated carbocycles. The van der Waals surface area contributed by atoms with Gasteiger partial charge >= 0.3 is 0 Å². The maximum absolute atomic E-state index is 12.8. The molecule has 0 amide bonds. The fraction of sp³-hybridized carbons (Fsp3) is 0.400. The highest BCUT2D eigenvalue weighted by Gasteiger charge is 2.38. The molecule has 2 unspecified atom stereocenters. The van der Waals surface area contributed by atoms with Crippen LogP contribution in [0.25, 0.3) is 0 Å². The Hall–Kier alpha value is -2.20. The zero-order valence-electron chi connectivity index (χ0n) is 13.6. The molecule has 0 N–H and O–H groups in total. The molecule has 2 fully saturated rings. The van der Waals surface area contributed by atoms with Crippen LogP contribution in [0, 0.1) is 5.92 Å². The summed E-state index contributed by atoms with van der Waals surface area (Å²) in [6, 6.07) is 11.8. The topological polar surface area (TPSA) is 48.4 Å². The lowest BCUT2D eigenvalue weighted by Gasteiger charge is -2.27. The van der Waals surface area contributed by atoms with Gasteiger partial charge in [-0.25, -0.2) is 0 Å². The van der Waals surface area contributed by atoms with Crippen LogP contribution in [-0.4, -0.2) is 23.0 Å². The van der Waals surface area contributed by atoms with Gasteiger partial charge in [-0.15, -0.1) is 0 Å². The van der Waals surface area contributed by atoms with Crippen LogP contribution in [0.2, 0.25) is 0 Å². The molecule has 24 heavy (non-hydrogen) atoms. The second-order valence-electron chi connectivity index (χ2n) is 6.67. The number of ether oxygens (including phenoxy) is 2. The van der Waals surface area contributed by atoms with Crippen LogP contribution in [0.5, 0.6) is 5.75 Å². The third-order valence-corrected chi connectivity index (χ3v) is 4.91. The molecule has 2 aromatic rings. The third kappa shape index (κ3) is 3.34. The minimum atomic E-state index is 0.0578. The van der Waals surface area contributed by atoms with Crippen LogP contribution in [0.3, 0.4) is 0 Å². The van der Waals surface area contributed by atoms with Gasteiger partial charge in [-0.1, -0.05) is 30.3 Å². The molecule has 2 saturated heterocycles. The van der Waals surface area contributed by atoms with E-state index in [1.165, 1.54) is 0 Å². The monoisotopic (exact) mass is 323 g/mol. The SMILES string of the molecule is O=C(c1cncc(OCc2ccccc2)c1)C1CC2CCC(C1)O2. The van der Waals surface area contributed by atoms with Crippen molar-refractivity contribution < 1.29 is 14.3 Å². The van der Waals surface area contributed by atoms with Crippen LogP contribution < -0.4 is 4.74 Å². The largest absolute Gasteiger partial charge is 0.487 e. The van der Waals surface area contributed by atoms with Crippen molar-refractivity contribution in [3.8, 4) is 5.75 Å². The van der Waals surface area contributed by atoms with Crippen molar-refractivity contribution in [2.45, 2.75) is 44.5 Å². The van der Waals surface area contributed by atoms with Gasteiger partial charge < -0.3 is 9.47 Å². The van der Waals surface area contributed by atoms with Crippen molar-refractivity contribution in [1.82, 2.24) is 4.98 Å². The van der Waals surface area contributed by atoms with Crippen LogP contribution in [0.15, 0.2) is 48.8 Å². The molecule has 2 aliphatic heterocycles. The minimum absolute atomic E-state index is 0.0578. The van der Waals surface area contributed by atoms with Crippen molar-refractivity contribution in [3.05, 3.63) is 59.9 Å². The third-order valence-electron chi connectivity index (χ3n) is 4.91. The number of benzene rings is 1. The first kappa shape index (κ1) is 15.3. The number of carbonyl (C=O) groups excluding carboxylic acids is 1. The second-order valence-corrected chi connectivity index (χ2v) is 6.67. The number of nitrogens with zero attached hydrogens (tertiary/aromatic N) is 1. The summed E-state index contributed by atoms with van der Waals surface area (Å²) in [6.07, 6.45) is 7.70. The van der Waals surface area contributed by atoms with Gasteiger partial charge in [0, 0.05) is 17.7 Å². The zero-order chi connectivity index (χ0) is 16.4. The van der Waals surface area contributed by atoms with Gasteiger partial charge in [0.25, 0.3) is 0 Å². The Balaban J connectivity index is 1.43. The first-order valence-corrected chi connectivity index (χ1v) is 8.59. The lowest BCUT2D eigenvalue weighted by atomic mass is 9.88. The van der Waals surface area contributed by atoms with E-state index < -0.39 is 0 Å². The van der Waals surface area contributed by atoms with E-state index in [0.29, 0.717) is 17.9 Å². The molecule has 2 bridgehead atoms. The molecular formula is C20H21NO3. The fourth-order valence-electron chi connectivity index (χ4n) is 3.68. The first-order valence-electron chi connectivity index (χ1n) is 8.59. The van der Waals surface area contributed by atoms with Gasteiger partial charge in [-0.3, -0.25) is 9.78 Å². The molecule has 124 valence electrons. The van der Waals surface area contributed by atoms with Crippen LogP contribution in [0.4, 0.5) is 0 Å². The van der Waals surface area contributed by atoms with Crippen LogP contribution >= 0.6 is 0 Å². The number of rotatable bonds is 5. The highest BCUT2D eigenvalue weighted by molar-refractivity contribution is 5.98. The molecule has 4 rings (SSSR count). The Morgan fingerprint density at radius 1 is 1.12 bits per heavy atom. The Morgan fingerprint density at radius 3 is 2.62 bits per heavy atom. The molecule has 0 spiro atoms. The summed E-state index contributed by atoms with van der Waals surface area (Å²) in [6.45, 7) is 0.474. The molecule has 3 heterocycles. The summed E-state index contributed by atoms with van der Waals surface area (Å²) in [5, 5.41) is 0. The molecule has 4 heteroatoms. The normalized spacial score (nSPS) is 25.4. The molecule has 0 radical (unpaired) electrons. The number of hydrogen-bond donors (Lipinski definition) is 0. The molecule has 1 aromatic heterocycles. The fourth-order valence-corrected chi connectivity index (χ4v) is 3.68. The van der Waals surface area contributed by atoms with Crippen LogP contribution in [0.1, 0.15) is 41.6 Å². The quantitative estimate of drug-likeness (QED) is 0.785. The van der Waals surface area contributed by atoms with E-state index in [1.807, 2.05) is 36.4 Å². The van der Waals surface area contributed by atoms with E-state index in [1.54, 1.807) is 12.4 Å². The number of fused-ring (bicyclic) bond motifs is 2. The maximum atomic E-state index is 12.8. The van der Waals surface area contributed by atoms with E-state index in [4.69, 9.17) is 9.47 Å². The summed E-state index contributed by atoms with van der Waals surface area (Å²) in [5.74, 6) is 0.870. The van der Waals surface area contributed by atoms with Crippen molar-refractivity contribution in [2.75, 3.05) is 0 Å². The van der Waals surface area contributed by atoms with Crippen molar-refractivity contribution in [1.29, 1.82) is 0 Å². The van der Waals surface area contributed by atoms with Gasteiger partial charge in [0.2, 0.25) is 0 Å². The Morgan fingerprint density at radius 2 is 1.88 bits per heavy atom. The van der Waals surface area contributed by atoms with Gasteiger partial charge in [-0.2, -0.15) is 0 Å². The standard InChI is InChI=1S/C20H21NO3/c22-20(15-8-17-6-7-18(9-15)24-17)16-10-19(12-21-11-16)23-13-14-4-2-1-3-5-14/h1-5,10-12,15,17-18H,6-9,13H2.